The zero-order valence-electron chi connectivity index (χ0n) is 11.0. The van der Waals surface area contributed by atoms with Crippen LogP contribution in [0, 0.1) is 0 Å². The van der Waals surface area contributed by atoms with E-state index in [-0.39, 0.29) is 18.7 Å². The summed E-state index contributed by atoms with van der Waals surface area (Å²) in [5.41, 5.74) is 1.05. The Hall–Kier alpha value is -1.07. The molecule has 2 N–H and O–H groups in total. The minimum atomic E-state index is -0.0974. The average Bonchev–Trinajstić information content (AvgIpc) is 3.20. The van der Waals surface area contributed by atoms with E-state index in [0.717, 1.165) is 22.9 Å². The Balaban J connectivity index is 1.99. The summed E-state index contributed by atoms with van der Waals surface area (Å²) in [6.07, 6.45) is 2.08. The fraction of sp³-hybridized carbons (Fsp3) is 0.500. The molecule has 4 nitrogen and oxygen atoms in total. The highest BCUT2D eigenvalue weighted by Gasteiger charge is 2.32. The third-order valence-electron chi connectivity index (χ3n) is 3.30. The molecule has 1 aliphatic carbocycles. The van der Waals surface area contributed by atoms with Crippen molar-refractivity contribution in [3.63, 3.8) is 0 Å². The number of carbonyl (C=O) groups is 1. The Labute approximate surface area is 121 Å². The van der Waals surface area contributed by atoms with Crippen molar-refractivity contribution in [2.75, 3.05) is 13.2 Å². The largest absolute Gasteiger partial charge is 0.395 e. The molecular formula is C14H19BrN2O2. The van der Waals surface area contributed by atoms with Crippen molar-refractivity contribution in [2.45, 2.75) is 31.8 Å². The third kappa shape index (κ3) is 3.70. The van der Waals surface area contributed by atoms with E-state index in [1.54, 1.807) is 4.90 Å². The molecular weight excluding hydrogens is 308 g/mol. The lowest BCUT2D eigenvalue weighted by Crippen LogP contribution is -2.43. The third-order valence-corrected chi connectivity index (χ3v) is 4.02. The molecule has 0 heterocycles. The zero-order valence-corrected chi connectivity index (χ0v) is 12.6. The van der Waals surface area contributed by atoms with Gasteiger partial charge in [-0.3, -0.25) is 0 Å². The second-order valence-electron chi connectivity index (χ2n) is 4.84. The molecule has 1 aliphatic rings. The number of rotatable bonds is 5. The number of hydrogen-bond donors (Lipinski definition) is 2. The van der Waals surface area contributed by atoms with E-state index in [4.69, 9.17) is 5.11 Å². The van der Waals surface area contributed by atoms with Gasteiger partial charge >= 0.3 is 6.03 Å². The van der Waals surface area contributed by atoms with Crippen molar-refractivity contribution in [1.82, 2.24) is 10.2 Å². The molecule has 1 aromatic rings. The maximum absolute atomic E-state index is 12.2. The first kappa shape index (κ1) is 14.3. The second-order valence-corrected chi connectivity index (χ2v) is 5.70. The Bertz CT molecular complexity index is 449. The number of aliphatic hydroxyl groups is 1. The molecule has 2 rings (SSSR count). The maximum Gasteiger partial charge on any atom is 0.318 e. The number of aliphatic hydroxyl groups excluding tert-OH is 1. The van der Waals surface area contributed by atoms with Crippen molar-refractivity contribution in [1.29, 1.82) is 0 Å². The van der Waals surface area contributed by atoms with Gasteiger partial charge in [-0.05, 0) is 31.4 Å². The summed E-state index contributed by atoms with van der Waals surface area (Å²) in [6, 6.07) is 7.99. The predicted octanol–water partition coefficient (Wildman–Crippen LogP) is 2.68. The lowest BCUT2D eigenvalue weighted by Gasteiger charge is -2.25. The fourth-order valence-corrected chi connectivity index (χ4v) is 2.74. The van der Waals surface area contributed by atoms with E-state index < -0.39 is 0 Å². The lowest BCUT2D eigenvalue weighted by molar-refractivity contribution is 0.171. The van der Waals surface area contributed by atoms with Gasteiger partial charge in [0.05, 0.1) is 12.6 Å². The molecule has 19 heavy (non-hydrogen) atoms. The first-order valence-electron chi connectivity index (χ1n) is 6.56. The Morgan fingerprint density at radius 1 is 1.53 bits per heavy atom. The van der Waals surface area contributed by atoms with Crippen LogP contribution in [0.25, 0.3) is 0 Å². The predicted molar refractivity (Wildman–Crippen MR) is 77.9 cm³/mol. The smallest absolute Gasteiger partial charge is 0.318 e. The van der Waals surface area contributed by atoms with E-state index in [9.17, 15) is 4.79 Å². The van der Waals surface area contributed by atoms with Gasteiger partial charge in [-0.15, -0.1) is 0 Å². The van der Waals surface area contributed by atoms with Crippen LogP contribution >= 0.6 is 15.9 Å². The Kier molecular flexibility index (Phi) is 4.82. The maximum atomic E-state index is 12.2. The van der Waals surface area contributed by atoms with Crippen molar-refractivity contribution in [2.24, 2.45) is 0 Å². The number of nitrogens with one attached hydrogen (secondary N) is 1. The molecule has 104 valence electrons. The van der Waals surface area contributed by atoms with E-state index in [2.05, 4.69) is 21.2 Å². The van der Waals surface area contributed by atoms with Crippen LogP contribution < -0.4 is 5.32 Å². The van der Waals surface area contributed by atoms with Gasteiger partial charge < -0.3 is 15.3 Å². The molecule has 1 saturated carbocycles. The quantitative estimate of drug-likeness (QED) is 0.874. The molecule has 1 aromatic carbocycles. The van der Waals surface area contributed by atoms with Crippen LogP contribution in [0.15, 0.2) is 28.7 Å². The van der Waals surface area contributed by atoms with Gasteiger partial charge in [-0.25, -0.2) is 4.79 Å². The summed E-state index contributed by atoms with van der Waals surface area (Å²) in [7, 11) is 0. The van der Waals surface area contributed by atoms with E-state index in [1.807, 2.05) is 31.2 Å². The van der Waals surface area contributed by atoms with Crippen molar-refractivity contribution >= 4 is 22.0 Å². The summed E-state index contributed by atoms with van der Waals surface area (Å²) in [4.78, 5) is 13.9. The average molecular weight is 327 g/mol. The molecule has 0 aliphatic heterocycles. The molecule has 0 aromatic heterocycles. The molecule has 1 fully saturated rings. The summed E-state index contributed by atoms with van der Waals surface area (Å²) in [6.45, 7) is 2.37. The van der Waals surface area contributed by atoms with E-state index in [1.165, 1.54) is 0 Å². The summed E-state index contributed by atoms with van der Waals surface area (Å²) in [5.74, 6) is 0. The number of benzene rings is 1. The number of hydrogen-bond acceptors (Lipinski definition) is 2. The second kappa shape index (κ2) is 6.39. The van der Waals surface area contributed by atoms with Gasteiger partial charge in [-0.1, -0.05) is 34.1 Å². The molecule has 2 amide bonds. The van der Waals surface area contributed by atoms with Crippen LogP contribution in [0.2, 0.25) is 0 Å². The highest BCUT2D eigenvalue weighted by Crippen LogP contribution is 2.28. The van der Waals surface area contributed by atoms with Gasteiger partial charge in [0.2, 0.25) is 0 Å². The van der Waals surface area contributed by atoms with Gasteiger partial charge in [0.15, 0.2) is 0 Å². The fourth-order valence-electron chi connectivity index (χ4n) is 2.12. The summed E-state index contributed by atoms with van der Waals surface area (Å²) in [5, 5.41) is 12.0. The summed E-state index contributed by atoms with van der Waals surface area (Å²) >= 11 is 3.49. The Morgan fingerprint density at radius 2 is 2.21 bits per heavy atom. The van der Waals surface area contributed by atoms with Crippen LogP contribution in [0.4, 0.5) is 4.79 Å². The van der Waals surface area contributed by atoms with Gasteiger partial charge in [0.1, 0.15) is 0 Å². The minimum Gasteiger partial charge on any atom is -0.395 e. The van der Waals surface area contributed by atoms with Crippen molar-refractivity contribution < 1.29 is 9.90 Å². The van der Waals surface area contributed by atoms with Crippen LogP contribution in [-0.2, 0) is 0 Å². The monoisotopic (exact) mass is 326 g/mol. The van der Waals surface area contributed by atoms with Gasteiger partial charge in [0, 0.05) is 17.1 Å². The Morgan fingerprint density at radius 3 is 2.79 bits per heavy atom. The van der Waals surface area contributed by atoms with Crippen LogP contribution in [-0.4, -0.2) is 35.2 Å². The molecule has 0 bridgehead atoms. The molecule has 5 heteroatoms. The molecule has 0 spiro atoms. The van der Waals surface area contributed by atoms with Crippen molar-refractivity contribution in [3.05, 3.63) is 34.3 Å². The summed E-state index contributed by atoms with van der Waals surface area (Å²) < 4.78 is 0.989. The number of amides is 2. The molecule has 0 saturated heterocycles. The number of carbonyl (C=O) groups excluding carboxylic acids is 1. The van der Waals surface area contributed by atoms with Crippen LogP contribution in [0.5, 0.6) is 0 Å². The molecule has 1 atom stereocenters. The van der Waals surface area contributed by atoms with Gasteiger partial charge in [-0.2, -0.15) is 0 Å². The van der Waals surface area contributed by atoms with Crippen LogP contribution in [0.1, 0.15) is 31.4 Å². The number of urea groups is 1. The normalized spacial score (nSPS) is 15.9. The first-order chi connectivity index (χ1) is 9.13. The molecule has 0 radical (unpaired) electrons. The topological polar surface area (TPSA) is 52.6 Å². The SMILES string of the molecule is CC(NC(=O)N(CCO)C1CC1)c1ccccc1Br. The molecule has 1 unspecified atom stereocenters. The standard InChI is InChI=1S/C14H19BrN2O2/c1-10(12-4-2-3-5-13(12)15)16-14(19)17(8-9-18)11-6-7-11/h2-5,10-11,18H,6-9H2,1H3,(H,16,19). The number of halogens is 1. The van der Waals surface area contributed by atoms with Crippen molar-refractivity contribution in [3.8, 4) is 0 Å². The van der Waals surface area contributed by atoms with Gasteiger partial charge in [0.25, 0.3) is 0 Å². The van der Waals surface area contributed by atoms with E-state index >= 15 is 0 Å². The number of nitrogens with zero attached hydrogens (tertiary/aromatic N) is 1. The highest BCUT2D eigenvalue weighted by atomic mass is 79.9. The minimum absolute atomic E-state index is 0.00727. The van der Waals surface area contributed by atoms with Crippen LogP contribution in [0.3, 0.4) is 0 Å². The van der Waals surface area contributed by atoms with E-state index in [0.29, 0.717) is 12.6 Å². The zero-order chi connectivity index (χ0) is 13.8. The first-order valence-corrected chi connectivity index (χ1v) is 7.35. The lowest BCUT2D eigenvalue weighted by atomic mass is 10.1. The highest BCUT2D eigenvalue weighted by molar-refractivity contribution is 9.10.